The van der Waals surface area contributed by atoms with Crippen molar-refractivity contribution in [2.45, 2.75) is 18.9 Å². The van der Waals surface area contributed by atoms with Gasteiger partial charge < -0.3 is 20.8 Å². The fourth-order valence-electron chi connectivity index (χ4n) is 2.60. The molecule has 1 heterocycles. The maximum Gasteiger partial charge on any atom is 0.220 e. The molecule has 4 N–H and O–H groups in total. The molecular weight excluding hydrogens is 315 g/mol. The molecule has 1 aliphatic rings. The number of aliphatic hydroxyl groups is 1. The van der Waals surface area contributed by atoms with Crippen molar-refractivity contribution in [1.82, 2.24) is 10.6 Å². The quantitative estimate of drug-likeness (QED) is 0.663. The van der Waals surface area contributed by atoms with E-state index < -0.39 is 0 Å². The van der Waals surface area contributed by atoms with Gasteiger partial charge in [0.05, 0.1) is 16.7 Å². The number of phenolic OH excluding ortho intramolecular Hbond substituents is 1. The van der Waals surface area contributed by atoms with Crippen LogP contribution in [-0.2, 0) is 4.79 Å². The van der Waals surface area contributed by atoms with Crippen LogP contribution in [-0.4, -0.2) is 35.8 Å². The van der Waals surface area contributed by atoms with Crippen LogP contribution in [0.5, 0.6) is 5.75 Å². The summed E-state index contributed by atoms with van der Waals surface area (Å²) < 4.78 is 0. The first kappa shape index (κ1) is 16.4. The number of halogens is 2. The first-order valence-corrected chi connectivity index (χ1v) is 7.56. The zero-order valence-electron chi connectivity index (χ0n) is 11.4. The van der Waals surface area contributed by atoms with Crippen molar-refractivity contribution in [3.8, 4) is 5.75 Å². The Labute approximate surface area is 133 Å². The number of benzene rings is 1. The van der Waals surface area contributed by atoms with E-state index in [1.54, 1.807) is 6.07 Å². The second kappa shape index (κ2) is 7.31. The van der Waals surface area contributed by atoms with Gasteiger partial charge in [-0.2, -0.15) is 0 Å². The average Bonchev–Trinajstić information content (AvgIpc) is 2.89. The van der Waals surface area contributed by atoms with Crippen molar-refractivity contribution in [2.75, 3.05) is 19.7 Å². The van der Waals surface area contributed by atoms with E-state index >= 15 is 0 Å². The Bertz CT molecular complexity index is 525. The van der Waals surface area contributed by atoms with Gasteiger partial charge in [-0.05, 0) is 31.0 Å². The van der Waals surface area contributed by atoms with Crippen LogP contribution in [0.1, 0.15) is 24.4 Å². The van der Waals surface area contributed by atoms with Gasteiger partial charge in [0.2, 0.25) is 5.91 Å². The molecule has 21 heavy (non-hydrogen) atoms. The topological polar surface area (TPSA) is 81.6 Å². The van der Waals surface area contributed by atoms with Crippen LogP contribution >= 0.6 is 23.2 Å². The molecule has 2 atom stereocenters. The summed E-state index contributed by atoms with van der Waals surface area (Å²) in [6.07, 6.45) is 1.07. The molecular formula is C14H18Cl2N2O3. The zero-order chi connectivity index (χ0) is 15.4. The van der Waals surface area contributed by atoms with Crippen LogP contribution in [0, 0.1) is 5.92 Å². The third-order valence-electron chi connectivity index (χ3n) is 3.59. The third kappa shape index (κ3) is 4.01. The van der Waals surface area contributed by atoms with Crippen molar-refractivity contribution in [3.05, 3.63) is 27.7 Å². The lowest BCUT2D eigenvalue weighted by Crippen LogP contribution is -2.28. The molecule has 0 aliphatic carbocycles. The number of aromatic hydroxyl groups is 1. The molecule has 0 aromatic heterocycles. The largest absolute Gasteiger partial charge is 0.508 e. The van der Waals surface area contributed by atoms with Gasteiger partial charge in [-0.15, -0.1) is 0 Å². The Hall–Kier alpha value is -1.01. The van der Waals surface area contributed by atoms with Crippen molar-refractivity contribution < 1.29 is 15.0 Å². The molecule has 1 fully saturated rings. The lowest BCUT2D eigenvalue weighted by atomic mass is 9.97. The maximum atomic E-state index is 11.6. The van der Waals surface area contributed by atoms with Crippen molar-refractivity contribution >= 4 is 29.1 Å². The number of nitrogens with one attached hydrogen (secondary N) is 2. The van der Waals surface area contributed by atoms with Gasteiger partial charge in [0.25, 0.3) is 0 Å². The Morgan fingerprint density at radius 1 is 1.43 bits per heavy atom. The molecule has 1 aromatic rings. The number of phenols is 1. The molecule has 0 radical (unpaired) electrons. The van der Waals surface area contributed by atoms with Crippen molar-refractivity contribution in [1.29, 1.82) is 0 Å². The van der Waals surface area contributed by atoms with E-state index in [2.05, 4.69) is 10.6 Å². The summed E-state index contributed by atoms with van der Waals surface area (Å²) in [5, 5.41) is 25.3. The standard InChI is InChI=1S/C14H18Cl2N2O3/c15-9-1-2-11(20)13(14(9)16)10-5-8(7-18-10)6-12(21)17-3-4-19/h1-2,8,10,18-20H,3-7H2,(H,17,21)/t8?,10-/m1/s1. The molecule has 0 bridgehead atoms. The fourth-order valence-corrected chi connectivity index (χ4v) is 3.06. The van der Waals surface area contributed by atoms with Gasteiger partial charge in [-0.3, -0.25) is 4.79 Å². The molecule has 2 rings (SSSR count). The van der Waals surface area contributed by atoms with Crippen LogP contribution in [0.25, 0.3) is 0 Å². The van der Waals surface area contributed by atoms with Crippen LogP contribution < -0.4 is 10.6 Å². The SMILES string of the molecule is O=C(CC1CN[C@@H](c2c(O)ccc(Cl)c2Cl)C1)NCCO. The van der Waals surface area contributed by atoms with Gasteiger partial charge in [0.1, 0.15) is 5.75 Å². The molecule has 1 aliphatic heterocycles. The summed E-state index contributed by atoms with van der Waals surface area (Å²) >= 11 is 12.1. The summed E-state index contributed by atoms with van der Waals surface area (Å²) in [5.41, 5.74) is 0.586. The summed E-state index contributed by atoms with van der Waals surface area (Å²) in [7, 11) is 0. The Morgan fingerprint density at radius 2 is 2.19 bits per heavy atom. The zero-order valence-corrected chi connectivity index (χ0v) is 12.9. The molecule has 1 unspecified atom stereocenters. The lowest BCUT2D eigenvalue weighted by Gasteiger charge is -2.15. The summed E-state index contributed by atoms with van der Waals surface area (Å²) in [5.74, 6) is 0.174. The highest BCUT2D eigenvalue weighted by atomic mass is 35.5. The number of aliphatic hydroxyl groups excluding tert-OH is 1. The average molecular weight is 333 g/mol. The van der Waals surface area contributed by atoms with Crippen LogP contribution in [0.4, 0.5) is 0 Å². The van der Waals surface area contributed by atoms with Gasteiger partial charge >= 0.3 is 0 Å². The Kier molecular flexibility index (Phi) is 5.70. The van der Waals surface area contributed by atoms with Gasteiger partial charge in [-0.25, -0.2) is 0 Å². The highest BCUT2D eigenvalue weighted by Crippen LogP contribution is 2.41. The van der Waals surface area contributed by atoms with Crippen LogP contribution in [0.3, 0.4) is 0 Å². The monoisotopic (exact) mass is 332 g/mol. The minimum absolute atomic E-state index is 0.0662. The number of rotatable bonds is 5. The molecule has 0 spiro atoms. The van der Waals surface area contributed by atoms with E-state index in [4.69, 9.17) is 28.3 Å². The summed E-state index contributed by atoms with van der Waals surface area (Å²) in [6, 6.07) is 2.95. The van der Waals surface area contributed by atoms with Gasteiger partial charge in [0.15, 0.2) is 0 Å². The minimum Gasteiger partial charge on any atom is -0.508 e. The second-order valence-electron chi connectivity index (χ2n) is 5.13. The van der Waals surface area contributed by atoms with Crippen LogP contribution in [0.15, 0.2) is 12.1 Å². The summed E-state index contributed by atoms with van der Waals surface area (Å²) in [4.78, 5) is 11.6. The number of amides is 1. The van der Waals surface area contributed by atoms with Crippen molar-refractivity contribution in [3.63, 3.8) is 0 Å². The molecule has 0 saturated carbocycles. The minimum atomic E-state index is -0.119. The van der Waals surface area contributed by atoms with E-state index in [9.17, 15) is 9.90 Å². The smallest absolute Gasteiger partial charge is 0.220 e. The maximum absolute atomic E-state index is 11.6. The highest BCUT2D eigenvalue weighted by Gasteiger charge is 2.30. The molecule has 116 valence electrons. The van der Waals surface area contributed by atoms with Gasteiger partial charge in [-0.1, -0.05) is 23.2 Å². The normalized spacial score (nSPS) is 21.5. The predicted octanol–water partition coefficient (Wildman–Crippen LogP) is 1.85. The number of hydrogen-bond acceptors (Lipinski definition) is 4. The van der Waals surface area contributed by atoms with E-state index in [0.717, 1.165) is 0 Å². The molecule has 1 aromatic carbocycles. The molecule has 1 saturated heterocycles. The summed E-state index contributed by atoms with van der Waals surface area (Å²) in [6.45, 7) is 0.867. The van der Waals surface area contributed by atoms with E-state index in [1.165, 1.54) is 6.07 Å². The predicted molar refractivity (Wildman–Crippen MR) is 81.7 cm³/mol. The molecule has 1 amide bonds. The first-order chi connectivity index (χ1) is 10.0. The second-order valence-corrected chi connectivity index (χ2v) is 5.92. The molecule has 5 nitrogen and oxygen atoms in total. The number of carbonyl (C=O) groups is 1. The van der Waals surface area contributed by atoms with E-state index in [1.807, 2.05) is 0 Å². The first-order valence-electron chi connectivity index (χ1n) is 6.80. The van der Waals surface area contributed by atoms with Crippen molar-refractivity contribution in [2.24, 2.45) is 5.92 Å². The Balaban J connectivity index is 2.00. The van der Waals surface area contributed by atoms with Crippen LogP contribution in [0.2, 0.25) is 10.0 Å². The lowest BCUT2D eigenvalue weighted by molar-refractivity contribution is -0.122. The number of hydrogen-bond donors (Lipinski definition) is 4. The third-order valence-corrected chi connectivity index (χ3v) is 4.41. The Morgan fingerprint density at radius 3 is 2.90 bits per heavy atom. The number of carbonyl (C=O) groups excluding carboxylic acids is 1. The van der Waals surface area contributed by atoms with Gasteiger partial charge in [0, 0.05) is 24.6 Å². The highest BCUT2D eigenvalue weighted by molar-refractivity contribution is 6.42. The van der Waals surface area contributed by atoms with E-state index in [-0.39, 0.29) is 36.8 Å². The van der Waals surface area contributed by atoms with E-state index in [0.29, 0.717) is 35.0 Å². The molecule has 7 heteroatoms. The fraction of sp³-hybridized carbons (Fsp3) is 0.500.